The highest BCUT2D eigenvalue weighted by molar-refractivity contribution is 6.24. The van der Waals surface area contributed by atoms with Crippen LogP contribution in [-0.4, -0.2) is 90.5 Å². The van der Waals surface area contributed by atoms with Crippen molar-refractivity contribution >= 4 is 29.5 Å². The van der Waals surface area contributed by atoms with Gasteiger partial charge < -0.3 is 39.4 Å². The summed E-state index contributed by atoms with van der Waals surface area (Å²) < 4.78 is 24.1. The molecular formula is C59H56N4O10. The highest BCUT2D eigenvalue weighted by atomic mass is 16.6. The van der Waals surface area contributed by atoms with Crippen LogP contribution in [0.1, 0.15) is 82.1 Å². The molecule has 4 aliphatic heterocycles. The molecule has 372 valence electrons. The number of imide groups is 1. The van der Waals surface area contributed by atoms with E-state index in [4.69, 9.17) is 18.9 Å². The molecule has 4 aliphatic rings. The molecule has 0 bridgehead atoms. The van der Waals surface area contributed by atoms with E-state index in [2.05, 4.69) is 17.2 Å². The van der Waals surface area contributed by atoms with E-state index >= 15 is 19.2 Å². The van der Waals surface area contributed by atoms with E-state index in [0.29, 0.717) is 45.9 Å². The number of ether oxygens (including phenoxy) is 4. The molecule has 3 N–H and O–H groups in total. The molecule has 73 heavy (non-hydrogen) atoms. The van der Waals surface area contributed by atoms with Crippen LogP contribution in [0.25, 0.3) is 0 Å². The Kier molecular flexibility index (Phi) is 13.8. The fourth-order valence-electron chi connectivity index (χ4n) is 11.5. The molecule has 0 aliphatic carbocycles. The van der Waals surface area contributed by atoms with Gasteiger partial charge in [0.25, 0.3) is 0 Å². The zero-order valence-corrected chi connectivity index (χ0v) is 40.8. The first kappa shape index (κ1) is 48.7. The Morgan fingerprint density at radius 2 is 1.45 bits per heavy atom. The summed E-state index contributed by atoms with van der Waals surface area (Å²) in [4.78, 5) is 69.3. The third-order valence-electron chi connectivity index (χ3n) is 14.6. The van der Waals surface area contributed by atoms with Gasteiger partial charge in [0.2, 0.25) is 11.8 Å². The summed E-state index contributed by atoms with van der Waals surface area (Å²) in [7, 11) is 3.12. The minimum absolute atomic E-state index is 0.0277. The zero-order valence-electron chi connectivity index (χ0n) is 40.8. The molecule has 10 rings (SSSR count). The van der Waals surface area contributed by atoms with Crippen LogP contribution in [0.2, 0.25) is 0 Å². The van der Waals surface area contributed by atoms with Crippen LogP contribution in [0.15, 0.2) is 146 Å². The predicted octanol–water partition coefficient (Wildman–Crippen LogP) is 7.53. The number of rotatable bonds is 12. The van der Waals surface area contributed by atoms with Gasteiger partial charge in [0, 0.05) is 25.1 Å². The summed E-state index contributed by atoms with van der Waals surface area (Å²) in [5, 5.41) is 22.7. The number of methoxy groups -OCH3 is 2. The van der Waals surface area contributed by atoms with E-state index < -0.39 is 65.4 Å². The molecule has 7 atom stereocenters. The van der Waals surface area contributed by atoms with Crippen molar-refractivity contribution in [3.8, 4) is 29.1 Å². The van der Waals surface area contributed by atoms with E-state index in [9.17, 15) is 10.2 Å². The average Bonchev–Trinajstić information content (AvgIpc) is 3.89. The summed E-state index contributed by atoms with van der Waals surface area (Å²) in [6.07, 6.45) is -0.333. The number of hydrogen-bond donors (Lipinski definition) is 3. The second-order valence-electron chi connectivity index (χ2n) is 18.6. The Morgan fingerprint density at radius 1 is 0.781 bits per heavy atom. The van der Waals surface area contributed by atoms with Crippen molar-refractivity contribution in [1.29, 1.82) is 0 Å². The lowest BCUT2D eigenvalue weighted by molar-refractivity contribution is -0.179. The predicted molar refractivity (Wildman–Crippen MR) is 272 cm³/mol. The molecule has 0 radical (unpaired) electrons. The lowest BCUT2D eigenvalue weighted by Crippen LogP contribution is -2.57. The number of cyclic esters (lactones) is 1. The van der Waals surface area contributed by atoms with Crippen LogP contribution in [0, 0.1) is 17.8 Å². The number of aliphatic hydroxyl groups is 2. The van der Waals surface area contributed by atoms with E-state index in [-0.39, 0.29) is 45.0 Å². The van der Waals surface area contributed by atoms with Crippen LogP contribution in [-0.2, 0) is 37.5 Å². The Bertz CT molecular complexity index is 3110. The fourth-order valence-corrected chi connectivity index (χ4v) is 11.5. The first-order chi connectivity index (χ1) is 35.6. The van der Waals surface area contributed by atoms with Gasteiger partial charge in [0.1, 0.15) is 29.9 Å². The van der Waals surface area contributed by atoms with Crippen molar-refractivity contribution in [1.82, 2.24) is 15.1 Å². The van der Waals surface area contributed by atoms with Gasteiger partial charge in [0.15, 0.2) is 11.5 Å². The Labute approximate surface area is 424 Å². The van der Waals surface area contributed by atoms with Crippen LogP contribution in [0.4, 0.5) is 10.5 Å². The highest BCUT2D eigenvalue weighted by Crippen LogP contribution is 2.66. The smallest absolute Gasteiger partial charge is 0.329 e. The topological polar surface area (TPSA) is 167 Å². The number of benzene rings is 6. The number of carbonyl (C=O) groups excluding carboxylic acids is 4. The molecule has 2 fully saturated rings. The number of anilines is 1. The van der Waals surface area contributed by atoms with E-state index in [1.165, 1.54) is 0 Å². The van der Waals surface area contributed by atoms with Gasteiger partial charge >= 0.3 is 12.0 Å². The number of nitrogens with zero attached hydrogens (tertiary/aromatic N) is 3. The van der Waals surface area contributed by atoms with Gasteiger partial charge in [-0.2, -0.15) is 0 Å². The molecule has 0 saturated carbocycles. The number of esters is 1. The largest absolute Gasteiger partial charge is 0.493 e. The standard InChI is InChI=1S/C59H56N4O10/c1-37(39-17-7-4-8-18-39)60-58(69)62-47-26-25-38(16-13-14-29-64)32-46(47)59(57(62)68)50(55(66)61-28-27-42-34-48(70-2)49(71-3)35-44(42)36-61)52-56(67)73-53(41-21-11-6-12-22-41)51(40-19-9-5-10-20-40)63(52)54(59)43-23-15-24-45(33-43)72-31-30-65/h4-12,15,17-26,32-35,37,50-54,64-65H,14,27-31,36H2,1-3H3,(H,60,69). The van der Waals surface area contributed by atoms with Gasteiger partial charge in [-0.3, -0.25) is 19.3 Å². The normalized spacial score (nSPS) is 22.3. The average molecular weight is 981 g/mol. The number of carbonyl (C=O) groups is 4. The highest BCUT2D eigenvalue weighted by Gasteiger charge is 2.76. The molecule has 6 aromatic rings. The van der Waals surface area contributed by atoms with Crippen molar-refractivity contribution in [2.45, 2.75) is 62.0 Å². The summed E-state index contributed by atoms with van der Waals surface area (Å²) in [5.74, 6) is 4.11. The number of amides is 4. The minimum Gasteiger partial charge on any atom is -0.493 e. The molecule has 2 saturated heterocycles. The molecule has 14 heteroatoms. The van der Waals surface area contributed by atoms with E-state index in [1.54, 1.807) is 55.5 Å². The number of hydrogen-bond acceptors (Lipinski definition) is 11. The number of nitrogens with one attached hydrogen (secondary N) is 1. The number of aliphatic hydroxyl groups excluding tert-OH is 2. The maximum absolute atomic E-state index is 16.9. The van der Waals surface area contributed by atoms with Gasteiger partial charge in [0.05, 0.1) is 57.2 Å². The van der Waals surface area contributed by atoms with Crippen molar-refractivity contribution in [2.24, 2.45) is 5.92 Å². The molecular weight excluding hydrogens is 925 g/mol. The van der Waals surface area contributed by atoms with E-state index in [0.717, 1.165) is 27.2 Å². The maximum atomic E-state index is 16.9. The number of fused-ring (bicyclic) bond motifs is 4. The third-order valence-corrected chi connectivity index (χ3v) is 14.6. The SMILES string of the molecule is COc1cc2c(cc1OC)CN(C(=O)C1C3C(=O)OC(c4ccccc4)C(c4ccccc4)N3C(c3cccc(OCCO)c3)C13C(=O)N(C(=O)NC(C)c1ccccc1)c1ccc(C#CCCO)cc13)CC2. The van der Waals surface area contributed by atoms with E-state index in [1.807, 2.05) is 121 Å². The first-order valence-corrected chi connectivity index (χ1v) is 24.5. The molecule has 6 aromatic carbocycles. The second kappa shape index (κ2) is 20.6. The Hall–Kier alpha value is -7.96. The second-order valence-corrected chi connectivity index (χ2v) is 18.6. The zero-order chi connectivity index (χ0) is 50.8. The summed E-state index contributed by atoms with van der Waals surface area (Å²) in [6, 6.07) is 39.7. The van der Waals surface area contributed by atoms with Gasteiger partial charge in [-0.1, -0.05) is 115 Å². The van der Waals surface area contributed by atoms with Crippen molar-refractivity contribution in [2.75, 3.05) is 45.5 Å². The monoisotopic (exact) mass is 980 g/mol. The number of urea groups is 1. The Morgan fingerprint density at radius 3 is 2.14 bits per heavy atom. The molecule has 14 nitrogen and oxygen atoms in total. The summed E-state index contributed by atoms with van der Waals surface area (Å²) in [5.41, 5.74) is 3.46. The van der Waals surface area contributed by atoms with Crippen molar-refractivity contribution in [3.63, 3.8) is 0 Å². The van der Waals surface area contributed by atoms with Gasteiger partial charge in [-0.15, -0.1) is 0 Å². The van der Waals surface area contributed by atoms with Gasteiger partial charge in [-0.05, 0) is 94.8 Å². The maximum Gasteiger partial charge on any atom is 0.329 e. The summed E-state index contributed by atoms with van der Waals surface area (Å²) in [6.45, 7) is 1.70. The molecule has 1 spiro atoms. The van der Waals surface area contributed by atoms with Crippen LogP contribution < -0.4 is 24.4 Å². The van der Waals surface area contributed by atoms with Crippen LogP contribution >= 0.6 is 0 Å². The molecule has 4 amide bonds. The minimum atomic E-state index is -2.05. The van der Waals surface area contributed by atoms with Crippen LogP contribution in [0.5, 0.6) is 17.2 Å². The molecule has 4 heterocycles. The molecule has 7 unspecified atom stereocenters. The fraction of sp³-hybridized carbons (Fsp3) is 0.288. The van der Waals surface area contributed by atoms with Crippen molar-refractivity contribution < 1.29 is 48.3 Å². The van der Waals surface area contributed by atoms with Crippen molar-refractivity contribution in [3.05, 3.63) is 190 Å². The van der Waals surface area contributed by atoms with Gasteiger partial charge in [-0.25, -0.2) is 9.69 Å². The molecule has 0 aromatic heterocycles. The number of morpholine rings is 1. The third kappa shape index (κ3) is 8.63. The summed E-state index contributed by atoms with van der Waals surface area (Å²) >= 11 is 0. The quantitative estimate of drug-likeness (QED) is 0.0820. The lowest BCUT2D eigenvalue weighted by Gasteiger charge is -2.46. The van der Waals surface area contributed by atoms with Crippen LogP contribution in [0.3, 0.4) is 0 Å². The lowest BCUT2D eigenvalue weighted by atomic mass is 9.64. The Balaban J connectivity index is 1.26. The first-order valence-electron chi connectivity index (χ1n) is 24.5.